The lowest BCUT2D eigenvalue weighted by atomic mass is 10.2. The molecule has 1 saturated heterocycles. The maximum Gasteiger partial charge on any atom is 0.326 e. The summed E-state index contributed by atoms with van der Waals surface area (Å²) in [6, 6.07) is -1.99. The quantitative estimate of drug-likeness (QED) is 0.636. The number of ether oxygens (including phenoxy) is 1. The van der Waals surface area contributed by atoms with Crippen LogP contribution in [0.15, 0.2) is 0 Å². The molecule has 2 rings (SSSR count). The molecule has 3 amide bonds. The van der Waals surface area contributed by atoms with Crippen molar-refractivity contribution in [1.82, 2.24) is 15.5 Å². The minimum Gasteiger partial charge on any atom is -0.480 e. The van der Waals surface area contributed by atoms with E-state index < -0.39 is 24.1 Å². The minimum atomic E-state index is -1.09. The predicted molar refractivity (Wildman–Crippen MR) is 72.7 cm³/mol. The van der Waals surface area contributed by atoms with Crippen LogP contribution >= 0.6 is 0 Å². The maximum absolute atomic E-state index is 12.2. The molecule has 8 heteroatoms. The molecule has 3 N–H and O–H groups in total. The lowest BCUT2D eigenvalue weighted by molar-refractivity contribution is -0.139. The number of morpholine rings is 1. The predicted octanol–water partition coefficient (Wildman–Crippen LogP) is -0.461. The fraction of sp³-hybridized carbons (Fsp3) is 0.769. The van der Waals surface area contributed by atoms with Crippen LogP contribution in [-0.2, 0) is 14.3 Å². The number of carboxylic acid groups (broad SMARTS) is 1. The van der Waals surface area contributed by atoms with E-state index in [0.717, 1.165) is 12.8 Å². The van der Waals surface area contributed by atoms with E-state index in [1.165, 1.54) is 4.90 Å². The first-order valence-corrected chi connectivity index (χ1v) is 7.21. The number of hydrogen-bond acceptors (Lipinski definition) is 4. The summed E-state index contributed by atoms with van der Waals surface area (Å²) in [6.07, 6.45) is 2.20. The SMILES string of the molecule is CC[C@H](NC(=O)N1CCOCC1C(=O)NC1CC1)C(=O)O. The molecule has 0 aromatic carbocycles. The van der Waals surface area contributed by atoms with Gasteiger partial charge in [-0.05, 0) is 19.3 Å². The average molecular weight is 299 g/mol. The van der Waals surface area contributed by atoms with Crippen molar-refractivity contribution >= 4 is 17.9 Å². The van der Waals surface area contributed by atoms with Crippen LogP contribution in [0.5, 0.6) is 0 Å². The Morgan fingerprint density at radius 1 is 1.38 bits per heavy atom. The number of hydrogen-bond donors (Lipinski definition) is 3. The van der Waals surface area contributed by atoms with Gasteiger partial charge in [-0.1, -0.05) is 6.92 Å². The maximum atomic E-state index is 12.2. The van der Waals surface area contributed by atoms with Gasteiger partial charge in [0.1, 0.15) is 12.1 Å². The Bertz CT molecular complexity index is 424. The number of urea groups is 1. The molecule has 0 spiro atoms. The molecule has 0 bridgehead atoms. The van der Waals surface area contributed by atoms with Gasteiger partial charge in [0.2, 0.25) is 5.91 Å². The summed E-state index contributed by atoms with van der Waals surface area (Å²) in [6.45, 7) is 2.42. The van der Waals surface area contributed by atoms with E-state index in [4.69, 9.17) is 9.84 Å². The van der Waals surface area contributed by atoms with E-state index >= 15 is 0 Å². The third-order valence-corrected chi connectivity index (χ3v) is 3.62. The summed E-state index contributed by atoms with van der Waals surface area (Å²) >= 11 is 0. The zero-order valence-electron chi connectivity index (χ0n) is 12.0. The van der Waals surface area contributed by atoms with Gasteiger partial charge in [-0.25, -0.2) is 9.59 Å². The summed E-state index contributed by atoms with van der Waals surface area (Å²) in [5.41, 5.74) is 0. The second-order valence-electron chi connectivity index (χ2n) is 5.32. The summed E-state index contributed by atoms with van der Waals surface area (Å²) in [5, 5.41) is 14.3. The molecule has 8 nitrogen and oxygen atoms in total. The Balaban J connectivity index is 1.97. The zero-order chi connectivity index (χ0) is 15.4. The number of carboxylic acids is 1. The van der Waals surface area contributed by atoms with Crippen molar-refractivity contribution in [2.75, 3.05) is 19.8 Å². The highest BCUT2D eigenvalue weighted by Gasteiger charge is 2.36. The van der Waals surface area contributed by atoms with Crippen LogP contribution in [0.3, 0.4) is 0 Å². The van der Waals surface area contributed by atoms with Crippen LogP contribution in [0, 0.1) is 0 Å². The molecule has 1 aliphatic carbocycles. The number of nitrogens with zero attached hydrogens (tertiary/aromatic N) is 1. The third kappa shape index (κ3) is 4.07. The van der Waals surface area contributed by atoms with Crippen molar-refractivity contribution in [3.63, 3.8) is 0 Å². The third-order valence-electron chi connectivity index (χ3n) is 3.62. The van der Waals surface area contributed by atoms with Gasteiger partial charge in [-0.3, -0.25) is 4.79 Å². The number of nitrogens with one attached hydrogen (secondary N) is 2. The number of carbonyl (C=O) groups is 3. The molecule has 2 aliphatic rings. The highest BCUT2D eigenvalue weighted by molar-refractivity contribution is 5.89. The Labute approximate surface area is 122 Å². The Morgan fingerprint density at radius 3 is 2.67 bits per heavy atom. The molecule has 118 valence electrons. The van der Waals surface area contributed by atoms with Gasteiger partial charge in [-0.15, -0.1) is 0 Å². The first-order valence-electron chi connectivity index (χ1n) is 7.21. The number of amides is 3. The molecule has 1 heterocycles. The van der Waals surface area contributed by atoms with Gasteiger partial charge in [0, 0.05) is 12.6 Å². The van der Waals surface area contributed by atoms with Crippen molar-refractivity contribution in [3.05, 3.63) is 0 Å². The average Bonchev–Trinajstić information content (AvgIpc) is 3.28. The topological polar surface area (TPSA) is 108 Å². The molecule has 0 aromatic rings. The number of rotatable bonds is 5. The van der Waals surface area contributed by atoms with Crippen molar-refractivity contribution in [2.45, 2.75) is 44.3 Å². The van der Waals surface area contributed by atoms with E-state index in [1.54, 1.807) is 6.92 Å². The Kier molecular flexibility index (Phi) is 5.00. The first-order chi connectivity index (χ1) is 10.0. The van der Waals surface area contributed by atoms with Crippen LogP contribution in [0.1, 0.15) is 26.2 Å². The highest BCUT2D eigenvalue weighted by Crippen LogP contribution is 2.19. The van der Waals surface area contributed by atoms with Gasteiger partial charge in [0.15, 0.2) is 0 Å². The van der Waals surface area contributed by atoms with Gasteiger partial charge in [0.05, 0.1) is 13.2 Å². The number of carbonyl (C=O) groups excluding carboxylic acids is 2. The van der Waals surface area contributed by atoms with Crippen LogP contribution in [0.2, 0.25) is 0 Å². The van der Waals surface area contributed by atoms with Crippen LogP contribution in [0.4, 0.5) is 4.79 Å². The van der Waals surface area contributed by atoms with E-state index in [-0.39, 0.29) is 31.5 Å². The molecule has 1 aliphatic heterocycles. The summed E-state index contributed by atoms with van der Waals surface area (Å²) in [5.74, 6) is -1.33. The molecule has 1 unspecified atom stereocenters. The monoisotopic (exact) mass is 299 g/mol. The molecule has 2 atom stereocenters. The van der Waals surface area contributed by atoms with Gasteiger partial charge < -0.3 is 25.4 Å². The molecular formula is C13H21N3O5. The molecular weight excluding hydrogens is 278 g/mol. The number of aliphatic carboxylic acids is 1. The summed E-state index contributed by atoms with van der Waals surface area (Å²) in [7, 11) is 0. The van der Waals surface area contributed by atoms with E-state index in [1.807, 2.05) is 0 Å². The fourth-order valence-corrected chi connectivity index (χ4v) is 2.16. The Morgan fingerprint density at radius 2 is 2.10 bits per heavy atom. The van der Waals surface area contributed by atoms with E-state index in [2.05, 4.69) is 10.6 Å². The smallest absolute Gasteiger partial charge is 0.326 e. The van der Waals surface area contributed by atoms with Crippen molar-refractivity contribution in [1.29, 1.82) is 0 Å². The molecule has 0 aromatic heterocycles. The van der Waals surface area contributed by atoms with Crippen LogP contribution in [-0.4, -0.2) is 65.8 Å². The lowest BCUT2D eigenvalue weighted by Crippen LogP contribution is -2.60. The minimum absolute atomic E-state index is 0.135. The van der Waals surface area contributed by atoms with E-state index in [0.29, 0.717) is 6.61 Å². The molecule has 1 saturated carbocycles. The summed E-state index contributed by atoms with van der Waals surface area (Å²) < 4.78 is 5.27. The zero-order valence-corrected chi connectivity index (χ0v) is 12.0. The molecule has 0 radical (unpaired) electrons. The van der Waals surface area contributed by atoms with Gasteiger partial charge >= 0.3 is 12.0 Å². The largest absolute Gasteiger partial charge is 0.480 e. The van der Waals surface area contributed by atoms with Crippen LogP contribution in [0.25, 0.3) is 0 Å². The molecule has 2 fully saturated rings. The second-order valence-corrected chi connectivity index (χ2v) is 5.32. The molecule has 21 heavy (non-hydrogen) atoms. The summed E-state index contributed by atoms with van der Waals surface area (Å²) in [4.78, 5) is 36.7. The van der Waals surface area contributed by atoms with Gasteiger partial charge in [-0.2, -0.15) is 0 Å². The lowest BCUT2D eigenvalue weighted by Gasteiger charge is -2.35. The fourth-order valence-electron chi connectivity index (χ4n) is 2.16. The van der Waals surface area contributed by atoms with Crippen molar-refractivity contribution < 1.29 is 24.2 Å². The standard InChI is InChI=1S/C13H21N3O5/c1-2-9(12(18)19)15-13(20)16-5-6-21-7-10(16)11(17)14-8-3-4-8/h8-10H,2-7H2,1H3,(H,14,17)(H,15,20)(H,18,19)/t9-,10?/m0/s1. The Hall–Kier alpha value is -1.83. The van der Waals surface area contributed by atoms with Crippen molar-refractivity contribution in [3.8, 4) is 0 Å². The first kappa shape index (κ1) is 15.6. The van der Waals surface area contributed by atoms with Crippen molar-refractivity contribution in [2.24, 2.45) is 0 Å². The highest BCUT2D eigenvalue weighted by atomic mass is 16.5. The van der Waals surface area contributed by atoms with E-state index in [9.17, 15) is 14.4 Å². The van der Waals surface area contributed by atoms with Gasteiger partial charge in [0.25, 0.3) is 0 Å². The van der Waals surface area contributed by atoms with Crippen LogP contribution < -0.4 is 10.6 Å². The normalized spacial score (nSPS) is 23.3. The second kappa shape index (κ2) is 6.75.